The second kappa shape index (κ2) is 7.33. The van der Waals surface area contributed by atoms with Crippen LogP contribution in [0.2, 0.25) is 0 Å². The van der Waals surface area contributed by atoms with Gasteiger partial charge in [0.2, 0.25) is 0 Å². The lowest BCUT2D eigenvalue weighted by molar-refractivity contribution is 0.0741. The van der Waals surface area contributed by atoms with Crippen LogP contribution in [0, 0.1) is 0 Å². The lowest BCUT2D eigenvalue weighted by Gasteiger charge is -2.35. The van der Waals surface area contributed by atoms with Crippen LogP contribution in [-0.4, -0.2) is 47.8 Å². The van der Waals surface area contributed by atoms with E-state index in [4.69, 9.17) is 5.73 Å². The van der Waals surface area contributed by atoms with Crippen LogP contribution in [0.25, 0.3) is 0 Å². The summed E-state index contributed by atoms with van der Waals surface area (Å²) in [6.07, 6.45) is 0. The smallest absolute Gasteiger partial charge is 0.273 e. The van der Waals surface area contributed by atoms with Gasteiger partial charge in [0.1, 0.15) is 10.7 Å². The van der Waals surface area contributed by atoms with Crippen LogP contribution in [0.4, 0.5) is 5.69 Å². The molecule has 1 aromatic heterocycles. The van der Waals surface area contributed by atoms with E-state index < -0.39 is 0 Å². The molecule has 3 rings (SSSR count). The number of amides is 1. The minimum atomic E-state index is -0.152. The number of carbonyl (C=O) groups is 2. The van der Waals surface area contributed by atoms with Crippen molar-refractivity contribution in [3.63, 3.8) is 0 Å². The Balaban J connectivity index is 1.61. The van der Waals surface area contributed by atoms with Crippen LogP contribution in [0.1, 0.15) is 45.7 Å². The van der Waals surface area contributed by atoms with Crippen molar-refractivity contribution in [3.8, 4) is 0 Å². The van der Waals surface area contributed by atoms with Gasteiger partial charge in [-0.2, -0.15) is 0 Å². The number of nitrogens with two attached hydrogens (primary N) is 1. The molecule has 2 heterocycles. The quantitative estimate of drug-likeness (QED) is 0.849. The molecule has 0 spiro atoms. The standard InChI is InChI=1S/C18H22N4O2S/c1-12(19)17-20-16(11-25-17)18(24)22-9-7-21(8-10-22)15-5-3-14(4-6-15)13(2)23/h3-6,11-12H,7-10,19H2,1-2H3. The van der Waals surface area contributed by atoms with Crippen molar-refractivity contribution in [1.29, 1.82) is 0 Å². The van der Waals surface area contributed by atoms with E-state index in [0.717, 1.165) is 23.8 Å². The Morgan fingerprint density at radius 3 is 2.32 bits per heavy atom. The van der Waals surface area contributed by atoms with Crippen molar-refractivity contribution >= 4 is 28.7 Å². The lowest BCUT2D eigenvalue weighted by Crippen LogP contribution is -2.48. The van der Waals surface area contributed by atoms with E-state index in [1.165, 1.54) is 11.3 Å². The molecule has 1 unspecified atom stereocenters. The first kappa shape index (κ1) is 17.6. The zero-order chi connectivity index (χ0) is 18.0. The highest BCUT2D eigenvalue weighted by Gasteiger charge is 2.24. The van der Waals surface area contributed by atoms with Gasteiger partial charge in [-0.05, 0) is 38.1 Å². The highest BCUT2D eigenvalue weighted by molar-refractivity contribution is 7.09. The monoisotopic (exact) mass is 358 g/mol. The molecule has 1 saturated heterocycles. The van der Waals surface area contributed by atoms with E-state index in [-0.39, 0.29) is 17.7 Å². The number of piperazine rings is 1. The fraction of sp³-hybridized carbons (Fsp3) is 0.389. The van der Waals surface area contributed by atoms with Gasteiger partial charge in [-0.15, -0.1) is 11.3 Å². The van der Waals surface area contributed by atoms with Crippen LogP contribution in [0.15, 0.2) is 29.6 Å². The molecule has 1 aliphatic heterocycles. The molecule has 1 fully saturated rings. The van der Waals surface area contributed by atoms with Gasteiger partial charge in [0.15, 0.2) is 5.78 Å². The SMILES string of the molecule is CC(=O)c1ccc(N2CCN(C(=O)c3csc(C(C)N)n3)CC2)cc1. The van der Waals surface area contributed by atoms with Gasteiger partial charge in [0.25, 0.3) is 5.91 Å². The van der Waals surface area contributed by atoms with Gasteiger partial charge in [-0.25, -0.2) is 4.98 Å². The van der Waals surface area contributed by atoms with E-state index in [1.54, 1.807) is 12.3 Å². The van der Waals surface area contributed by atoms with Crippen LogP contribution >= 0.6 is 11.3 Å². The van der Waals surface area contributed by atoms with E-state index in [2.05, 4.69) is 9.88 Å². The molecule has 0 bridgehead atoms. The summed E-state index contributed by atoms with van der Waals surface area (Å²) >= 11 is 1.43. The Bertz CT molecular complexity index is 762. The van der Waals surface area contributed by atoms with Crippen molar-refractivity contribution < 1.29 is 9.59 Å². The molecule has 132 valence electrons. The van der Waals surface area contributed by atoms with Gasteiger partial charge in [-0.1, -0.05) is 0 Å². The molecule has 1 aromatic carbocycles. The number of rotatable bonds is 4. The van der Waals surface area contributed by atoms with Gasteiger partial charge in [-0.3, -0.25) is 9.59 Å². The second-order valence-corrected chi connectivity index (χ2v) is 7.13. The Labute approximate surface area is 151 Å². The number of carbonyl (C=O) groups excluding carboxylic acids is 2. The third-order valence-electron chi connectivity index (χ3n) is 4.34. The molecule has 2 N–H and O–H groups in total. The molecule has 1 atom stereocenters. The molecule has 0 saturated carbocycles. The summed E-state index contributed by atoms with van der Waals surface area (Å²) in [6, 6.07) is 7.47. The van der Waals surface area contributed by atoms with Crippen LogP contribution in [0.3, 0.4) is 0 Å². The number of hydrogen-bond acceptors (Lipinski definition) is 6. The van der Waals surface area contributed by atoms with E-state index in [0.29, 0.717) is 24.3 Å². The van der Waals surface area contributed by atoms with Gasteiger partial charge < -0.3 is 15.5 Å². The minimum absolute atomic E-state index is 0.0327. The lowest BCUT2D eigenvalue weighted by atomic mass is 10.1. The van der Waals surface area contributed by atoms with Gasteiger partial charge in [0, 0.05) is 42.8 Å². The Morgan fingerprint density at radius 2 is 1.80 bits per heavy atom. The third kappa shape index (κ3) is 3.88. The summed E-state index contributed by atoms with van der Waals surface area (Å²) in [6.45, 7) is 6.25. The second-order valence-electron chi connectivity index (χ2n) is 6.24. The maximum Gasteiger partial charge on any atom is 0.273 e. The van der Waals surface area contributed by atoms with E-state index in [1.807, 2.05) is 36.1 Å². The zero-order valence-corrected chi connectivity index (χ0v) is 15.3. The summed E-state index contributed by atoms with van der Waals surface area (Å²) in [5.74, 6) is 0.0334. The first-order valence-corrected chi connectivity index (χ1v) is 9.20. The first-order valence-electron chi connectivity index (χ1n) is 8.32. The predicted molar refractivity (Wildman–Crippen MR) is 99.3 cm³/mol. The van der Waals surface area contributed by atoms with Crippen LogP contribution < -0.4 is 10.6 Å². The molecule has 2 aromatic rings. The number of thiazole rings is 1. The normalized spacial score (nSPS) is 16.0. The van der Waals surface area contributed by atoms with Crippen LogP contribution in [0.5, 0.6) is 0 Å². The average molecular weight is 358 g/mol. The fourth-order valence-corrected chi connectivity index (χ4v) is 3.58. The molecule has 1 aliphatic rings. The van der Waals surface area contributed by atoms with Crippen molar-refractivity contribution in [2.24, 2.45) is 5.73 Å². The zero-order valence-electron chi connectivity index (χ0n) is 14.4. The number of aromatic nitrogens is 1. The van der Waals surface area contributed by atoms with Crippen molar-refractivity contribution in [3.05, 3.63) is 45.9 Å². The fourth-order valence-electron chi connectivity index (χ4n) is 2.83. The molecule has 25 heavy (non-hydrogen) atoms. The highest BCUT2D eigenvalue weighted by Crippen LogP contribution is 2.20. The summed E-state index contributed by atoms with van der Waals surface area (Å²) in [7, 11) is 0. The molecule has 7 heteroatoms. The molecular formula is C18H22N4O2S. The molecular weight excluding hydrogens is 336 g/mol. The number of anilines is 1. The Hall–Kier alpha value is -2.25. The molecule has 0 aliphatic carbocycles. The molecule has 6 nitrogen and oxygen atoms in total. The number of nitrogens with zero attached hydrogens (tertiary/aromatic N) is 3. The topological polar surface area (TPSA) is 79.5 Å². The van der Waals surface area contributed by atoms with Crippen LogP contribution in [-0.2, 0) is 0 Å². The van der Waals surface area contributed by atoms with E-state index in [9.17, 15) is 9.59 Å². The van der Waals surface area contributed by atoms with E-state index >= 15 is 0 Å². The Kier molecular flexibility index (Phi) is 5.15. The average Bonchev–Trinajstić information content (AvgIpc) is 3.12. The number of Topliss-reactive ketones (excluding diaryl/α,β-unsaturated/α-hetero) is 1. The van der Waals surface area contributed by atoms with Crippen molar-refractivity contribution in [2.75, 3.05) is 31.1 Å². The van der Waals surface area contributed by atoms with Crippen molar-refractivity contribution in [2.45, 2.75) is 19.9 Å². The first-order chi connectivity index (χ1) is 12.0. The number of benzene rings is 1. The maximum atomic E-state index is 12.6. The summed E-state index contributed by atoms with van der Waals surface area (Å²) in [4.78, 5) is 32.3. The highest BCUT2D eigenvalue weighted by atomic mass is 32.1. The number of hydrogen-bond donors (Lipinski definition) is 1. The molecule has 1 amide bonds. The van der Waals surface area contributed by atoms with Gasteiger partial charge >= 0.3 is 0 Å². The summed E-state index contributed by atoms with van der Waals surface area (Å²) < 4.78 is 0. The number of ketones is 1. The van der Waals surface area contributed by atoms with Gasteiger partial charge in [0.05, 0.1) is 6.04 Å². The Morgan fingerprint density at radius 1 is 1.16 bits per heavy atom. The predicted octanol–water partition coefficient (Wildman–Crippen LogP) is 2.33. The summed E-state index contributed by atoms with van der Waals surface area (Å²) in [5, 5.41) is 2.57. The van der Waals surface area contributed by atoms with Crippen molar-refractivity contribution in [1.82, 2.24) is 9.88 Å². The summed E-state index contributed by atoms with van der Waals surface area (Å²) in [5.41, 5.74) is 8.08. The maximum absolute atomic E-state index is 12.6. The minimum Gasteiger partial charge on any atom is -0.368 e. The third-order valence-corrected chi connectivity index (χ3v) is 5.38. The molecule has 0 radical (unpaired) electrons. The largest absolute Gasteiger partial charge is 0.368 e.